The van der Waals surface area contributed by atoms with Gasteiger partial charge in [-0.15, -0.1) is 0 Å². The van der Waals surface area contributed by atoms with Crippen LogP contribution < -0.4 is 11.2 Å². The summed E-state index contributed by atoms with van der Waals surface area (Å²) in [5, 5.41) is 14.1. The van der Waals surface area contributed by atoms with E-state index < -0.39 is 0 Å². The summed E-state index contributed by atoms with van der Waals surface area (Å²) in [5.41, 5.74) is 11.8. The summed E-state index contributed by atoms with van der Waals surface area (Å²) < 4.78 is 0. The zero-order valence-electron chi connectivity index (χ0n) is 18.7. The van der Waals surface area contributed by atoms with Gasteiger partial charge in [-0.2, -0.15) is 5.10 Å². The van der Waals surface area contributed by atoms with E-state index in [0.717, 1.165) is 24.7 Å². The molecule has 29 heavy (non-hydrogen) atoms. The standard InChI is InChI=1S/C23H33N3O.C2H6/c1-15(24)26-25-13-12-22(2)10-9-21-20-6-4-16-14-17(27)5-7-18(16)19(20)8-11-23(21,22)3;1-2/h5,7,13-14,19-21,26-27H,1,4,6,8-12,24H2,2-3H3;1-2H3/b25-13+;. The Morgan fingerprint density at radius 3 is 2.76 bits per heavy atom. The molecule has 2 saturated carbocycles. The number of nitrogens with zero attached hydrogens (tertiary/aromatic N) is 1. The minimum atomic E-state index is 0.291. The van der Waals surface area contributed by atoms with E-state index in [1.54, 1.807) is 0 Å². The van der Waals surface area contributed by atoms with Crippen LogP contribution in [0.15, 0.2) is 35.7 Å². The molecule has 0 saturated heterocycles. The van der Waals surface area contributed by atoms with Crippen LogP contribution in [0.3, 0.4) is 0 Å². The number of fused-ring (bicyclic) bond motifs is 5. The van der Waals surface area contributed by atoms with Crippen LogP contribution in [0, 0.1) is 22.7 Å². The highest BCUT2D eigenvalue weighted by atomic mass is 16.3. The summed E-state index contributed by atoms with van der Waals surface area (Å²) in [4.78, 5) is 0. The quantitative estimate of drug-likeness (QED) is 0.452. The first kappa shape index (κ1) is 21.7. The molecule has 3 aliphatic carbocycles. The van der Waals surface area contributed by atoms with Gasteiger partial charge in [-0.05, 0) is 96.8 Å². The average molecular weight is 398 g/mol. The molecule has 2 fully saturated rings. The van der Waals surface area contributed by atoms with Crippen LogP contribution in [-0.4, -0.2) is 11.3 Å². The van der Waals surface area contributed by atoms with Crippen molar-refractivity contribution in [2.75, 3.05) is 0 Å². The van der Waals surface area contributed by atoms with Crippen molar-refractivity contribution in [3.05, 3.63) is 41.7 Å². The van der Waals surface area contributed by atoms with E-state index in [1.807, 2.05) is 32.2 Å². The van der Waals surface area contributed by atoms with Gasteiger partial charge in [-0.25, -0.2) is 0 Å². The molecule has 1 aromatic rings. The third kappa shape index (κ3) is 3.78. The summed E-state index contributed by atoms with van der Waals surface area (Å²) in [5.74, 6) is 3.04. The van der Waals surface area contributed by atoms with Gasteiger partial charge >= 0.3 is 0 Å². The summed E-state index contributed by atoms with van der Waals surface area (Å²) in [6, 6.07) is 6.06. The monoisotopic (exact) mass is 397 g/mol. The van der Waals surface area contributed by atoms with Crippen LogP contribution >= 0.6 is 0 Å². The zero-order chi connectivity index (χ0) is 21.2. The number of aryl methyl sites for hydroxylation is 1. The lowest BCUT2D eigenvalue weighted by Gasteiger charge is -2.54. The van der Waals surface area contributed by atoms with E-state index in [-0.39, 0.29) is 0 Å². The number of aromatic hydroxyl groups is 1. The third-order valence-electron chi connectivity index (χ3n) is 8.33. The number of nitrogens with one attached hydrogen (secondary N) is 1. The van der Waals surface area contributed by atoms with Crippen molar-refractivity contribution in [3.63, 3.8) is 0 Å². The second kappa shape index (κ2) is 8.41. The van der Waals surface area contributed by atoms with Crippen molar-refractivity contribution in [3.8, 4) is 5.75 Å². The molecule has 4 rings (SSSR count). The lowest BCUT2D eigenvalue weighted by Crippen LogP contribution is -2.46. The van der Waals surface area contributed by atoms with Gasteiger partial charge in [0.15, 0.2) is 0 Å². The molecule has 0 radical (unpaired) electrons. The SMILES string of the molecule is C=C(N)N/N=C/CC1(C)CCC2C3CCc4cc(O)ccc4C3CCC21C.CC. The minimum Gasteiger partial charge on any atom is -0.508 e. The molecule has 0 aliphatic heterocycles. The van der Waals surface area contributed by atoms with Crippen molar-refractivity contribution < 1.29 is 5.11 Å². The molecule has 4 heteroatoms. The van der Waals surface area contributed by atoms with Gasteiger partial charge in [-0.3, -0.25) is 5.43 Å². The first-order valence-corrected chi connectivity index (χ1v) is 11.4. The molecule has 0 spiro atoms. The Kier molecular flexibility index (Phi) is 6.30. The second-order valence-electron chi connectivity index (χ2n) is 9.51. The first-order valence-electron chi connectivity index (χ1n) is 11.4. The number of rotatable bonds is 4. The maximum Gasteiger partial charge on any atom is 0.115 e. The van der Waals surface area contributed by atoms with Crippen molar-refractivity contribution in [2.24, 2.45) is 33.5 Å². The third-order valence-corrected chi connectivity index (χ3v) is 8.33. The van der Waals surface area contributed by atoms with Gasteiger partial charge in [-0.1, -0.05) is 40.3 Å². The lowest BCUT2D eigenvalue weighted by molar-refractivity contribution is -0.0138. The van der Waals surface area contributed by atoms with Crippen molar-refractivity contribution in [2.45, 2.75) is 78.6 Å². The van der Waals surface area contributed by atoms with E-state index in [9.17, 15) is 5.11 Å². The zero-order valence-corrected chi connectivity index (χ0v) is 18.7. The van der Waals surface area contributed by atoms with E-state index in [0.29, 0.717) is 28.3 Å². The molecule has 5 atom stereocenters. The van der Waals surface area contributed by atoms with Crippen LogP contribution in [0.5, 0.6) is 5.75 Å². The normalized spacial score (nSPS) is 35.1. The van der Waals surface area contributed by atoms with Gasteiger partial charge in [0.2, 0.25) is 0 Å². The van der Waals surface area contributed by atoms with Gasteiger partial charge in [0.05, 0.1) is 0 Å². The minimum absolute atomic E-state index is 0.291. The smallest absolute Gasteiger partial charge is 0.115 e. The maximum atomic E-state index is 9.85. The topological polar surface area (TPSA) is 70.6 Å². The van der Waals surface area contributed by atoms with Crippen LogP contribution in [0.2, 0.25) is 0 Å². The summed E-state index contributed by atoms with van der Waals surface area (Å²) in [7, 11) is 0. The molecule has 4 N–H and O–H groups in total. The number of hydrazone groups is 1. The highest BCUT2D eigenvalue weighted by Crippen LogP contribution is 2.68. The average Bonchev–Trinajstić information content (AvgIpc) is 2.97. The summed E-state index contributed by atoms with van der Waals surface area (Å²) >= 11 is 0. The Labute approximate surface area is 176 Å². The molecule has 1 aromatic carbocycles. The van der Waals surface area contributed by atoms with Crippen LogP contribution in [0.1, 0.15) is 83.3 Å². The first-order chi connectivity index (χ1) is 13.8. The Morgan fingerprint density at radius 2 is 2.03 bits per heavy atom. The Morgan fingerprint density at radius 1 is 1.28 bits per heavy atom. The Bertz CT molecular complexity index is 773. The van der Waals surface area contributed by atoms with E-state index in [2.05, 4.69) is 37.0 Å². The maximum absolute atomic E-state index is 9.85. The van der Waals surface area contributed by atoms with Gasteiger partial charge in [0.25, 0.3) is 0 Å². The van der Waals surface area contributed by atoms with E-state index in [1.165, 1.54) is 43.2 Å². The van der Waals surface area contributed by atoms with Crippen LogP contribution in [-0.2, 0) is 6.42 Å². The Balaban J connectivity index is 0.00000117. The molecule has 0 bridgehead atoms. The molecule has 0 aromatic heterocycles. The molecule has 0 amide bonds. The lowest BCUT2D eigenvalue weighted by atomic mass is 9.50. The molecule has 0 heterocycles. The van der Waals surface area contributed by atoms with Crippen LogP contribution in [0.25, 0.3) is 0 Å². The van der Waals surface area contributed by atoms with Crippen molar-refractivity contribution >= 4 is 6.21 Å². The fourth-order valence-electron chi connectivity index (χ4n) is 6.64. The number of phenols is 1. The number of hydrogen-bond acceptors (Lipinski definition) is 4. The molecule has 3 aliphatic rings. The highest BCUT2D eigenvalue weighted by molar-refractivity contribution is 5.58. The van der Waals surface area contributed by atoms with Gasteiger partial charge in [0, 0.05) is 6.21 Å². The van der Waals surface area contributed by atoms with E-state index >= 15 is 0 Å². The van der Waals surface area contributed by atoms with Crippen molar-refractivity contribution in [1.82, 2.24) is 5.43 Å². The summed E-state index contributed by atoms with van der Waals surface area (Å²) in [6.45, 7) is 12.6. The highest BCUT2D eigenvalue weighted by Gasteiger charge is 2.59. The molecule has 160 valence electrons. The Hall–Kier alpha value is -1.97. The molecule has 5 unspecified atom stereocenters. The van der Waals surface area contributed by atoms with Crippen LogP contribution in [0.4, 0.5) is 0 Å². The number of benzene rings is 1. The predicted molar refractivity (Wildman–Crippen MR) is 122 cm³/mol. The molecule has 4 nitrogen and oxygen atoms in total. The number of phenolic OH excluding ortho intramolecular Hbond substituents is 1. The van der Waals surface area contributed by atoms with Gasteiger partial charge < -0.3 is 10.8 Å². The molecular formula is C25H39N3O. The van der Waals surface area contributed by atoms with Crippen molar-refractivity contribution in [1.29, 1.82) is 0 Å². The fraction of sp³-hybridized carbons (Fsp3) is 0.640. The molecular weight excluding hydrogens is 358 g/mol. The number of nitrogens with two attached hydrogens (primary N) is 1. The van der Waals surface area contributed by atoms with Gasteiger partial charge in [0.1, 0.15) is 11.6 Å². The second-order valence-corrected chi connectivity index (χ2v) is 9.51. The largest absolute Gasteiger partial charge is 0.508 e. The fourth-order valence-corrected chi connectivity index (χ4v) is 6.64. The predicted octanol–water partition coefficient (Wildman–Crippen LogP) is 5.68. The van der Waals surface area contributed by atoms with E-state index in [4.69, 9.17) is 5.73 Å². The summed E-state index contributed by atoms with van der Waals surface area (Å²) in [6.07, 6.45) is 10.5. The number of hydrogen-bond donors (Lipinski definition) is 3.